The summed E-state index contributed by atoms with van der Waals surface area (Å²) in [5, 5.41) is 3.62. The molecule has 0 aromatic carbocycles. The lowest BCUT2D eigenvalue weighted by molar-refractivity contribution is 0.00986. The molecule has 0 aliphatic carbocycles. The highest BCUT2D eigenvalue weighted by Crippen LogP contribution is 2.15. The van der Waals surface area contributed by atoms with Gasteiger partial charge >= 0.3 is 0 Å². The van der Waals surface area contributed by atoms with E-state index in [1.54, 1.807) is 7.11 Å². The first-order valence-electron chi connectivity index (χ1n) is 10.1. The Hall–Kier alpha value is -0.120. The molecule has 6 nitrogen and oxygen atoms in total. The third-order valence-electron chi connectivity index (χ3n) is 5.42. The number of hydrogen-bond donors (Lipinski definition) is 1. The van der Waals surface area contributed by atoms with E-state index < -0.39 is 0 Å². The summed E-state index contributed by atoms with van der Waals surface area (Å²) in [5.41, 5.74) is 0. The van der Waals surface area contributed by atoms with Gasteiger partial charge in [-0.3, -0.25) is 9.89 Å². The molecule has 2 aliphatic rings. The molecule has 0 radical (unpaired) electrons. The van der Waals surface area contributed by atoms with Gasteiger partial charge < -0.3 is 19.7 Å². The third-order valence-corrected chi connectivity index (χ3v) is 5.42. The van der Waals surface area contributed by atoms with Gasteiger partial charge in [0.15, 0.2) is 5.96 Å². The molecular formula is C19H39IN4O2. The second-order valence-corrected chi connectivity index (χ2v) is 7.14. The summed E-state index contributed by atoms with van der Waals surface area (Å²) in [6, 6.07) is 0.626. The summed E-state index contributed by atoms with van der Waals surface area (Å²) in [4.78, 5) is 9.52. The van der Waals surface area contributed by atoms with Crippen molar-refractivity contribution in [1.29, 1.82) is 0 Å². The molecule has 2 saturated heterocycles. The van der Waals surface area contributed by atoms with Gasteiger partial charge in [0, 0.05) is 53.0 Å². The topological polar surface area (TPSA) is 49.3 Å². The molecule has 0 aromatic rings. The molecule has 0 spiro atoms. The van der Waals surface area contributed by atoms with Crippen LogP contribution in [0, 0.1) is 0 Å². The molecule has 0 bridgehead atoms. The maximum absolute atomic E-state index is 5.96. The summed E-state index contributed by atoms with van der Waals surface area (Å²) in [7, 11) is 3.64. The number of halogens is 1. The Bertz CT molecular complexity index is 384. The molecule has 7 heteroatoms. The molecule has 1 N–H and O–H groups in total. The monoisotopic (exact) mass is 482 g/mol. The zero-order chi connectivity index (χ0) is 17.9. The van der Waals surface area contributed by atoms with Gasteiger partial charge in [-0.2, -0.15) is 0 Å². The summed E-state index contributed by atoms with van der Waals surface area (Å²) in [5.74, 6) is 1.05. The van der Waals surface area contributed by atoms with Crippen molar-refractivity contribution >= 4 is 29.9 Å². The highest BCUT2D eigenvalue weighted by atomic mass is 127. The second-order valence-electron chi connectivity index (χ2n) is 7.14. The number of hydrogen-bond acceptors (Lipinski definition) is 4. The van der Waals surface area contributed by atoms with E-state index >= 15 is 0 Å². The van der Waals surface area contributed by atoms with Crippen molar-refractivity contribution in [3.63, 3.8) is 0 Å². The first-order valence-corrected chi connectivity index (χ1v) is 10.1. The molecule has 2 aliphatic heterocycles. The Kier molecular flexibility index (Phi) is 12.8. The summed E-state index contributed by atoms with van der Waals surface area (Å²) in [6.07, 6.45) is 7.43. The van der Waals surface area contributed by atoms with Gasteiger partial charge in [-0.05, 0) is 51.6 Å². The van der Waals surface area contributed by atoms with Crippen LogP contribution >= 0.6 is 24.0 Å². The van der Waals surface area contributed by atoms with Crippen LogP contribution in [0.1, 0.15) is 45.4 Å². The van der Waals surface area contributed by atoms with Crippen LogP contribution in [0.2, 0.25) is 0 Å². The van der Waals surface area contributed by atoms with Gasteiger partial charge in [0.1, 0.15) is 0 Å². The zero-order valence-corrected chi connectivity index (χ0v) is 19.2. The van der Waals surface area contributed by atoms with Crippen LogP contribution in [0.25, 0.3) is 0 Å². The number of rotatable bonds is 9. The quantitative estimate of drug-likeness (QED) is 0.237. The Labute approximate surface area is 177 Å². The lowest BCUT2D eigenvalue weighted by atomic mass is 10.1. The van der Waals surface area contributed by atoms with Crippen LogP contribution in [0.4, 0.5) is 0 Å². The van der Waals surface area contributed by atoms with Gasteiger partial charge in [0.2, 0.25) is 0 Å². The smallest absolute Gasteiger partial charge is 0.193 e. The SMILES string of the molecule is CCC(CNC(=NC)N1CCC(OCCCOC)CC1)N1CCCC1.I. The van der Waals surface area contributed by atoms with Gasteiger partial charge in [0.25, 0.3) is 0 Å². The minimum Gasteiger partial charge on any atom is -0.385 e. The van der Waals surface area contributed by atoms with E-state index in [4.69, 9.17) is 9.47 Å². The minimum absolute atomic E-state index is 0. The highest BCUT2D eigenvalue weighted by Gasteiger charge is 2.24. The number of aliphatic imine (C=N–C) groups is 1. The first kappa shape index (κ1) is 23.9. The lowest BCUT2D eigenvalue weighted by Crippen LogP contribution is -2.50. The van der Waals surface area contributed by atoms with Gasteiger partial charge in [-0.15, -0.1) is 24.0 Å². The number of nitrogens with one attached hydrogen (secondary N) is 1. The van der Waals surface area contributed by atoms with E-state index in [1.165, 1.54) is 32.4 Å². The van der Waals surface area contributed by atoms with Crippen LogP contribution in [-0.4, -0.2) is 88.0 Å². The Morgan fingerprint density at radius 2 is 1.85 bits per heavy atom. The van der Waals surface area contributed by atoms with Crippen LogP contribution in [0.5, 0.6) is 0 Å². The van der Waals surface area contributed by atoms with Crippen molar-refractivity contribution in [1.82, 2.24) is 15.1 Å². The molecule has 26 heavy (non-hydrogen) atoms. The fraction of sp³-hybridized carbons (Fsp3) is 0.947. The number of ether oxygens (including phenoxy) is 2. The molecule has 2 heterocycles. The highest BCUT2D eigenvalue weighted by molar-refractivity contribution is 14.0. The Morgan fingerprint density at radius 1 is 1.15 bits per heavy atom. The standard InChI is InChI=1S/C19H38N4O2.HI/c1-4-17(22-10-5-6-11-22)16-21-19(20-2)23-12-8-18(9-13-23)25-15-7-14-24-3;/h17-18H,4-16H2,1-3H3,(H,20,21);1H. The molecule has 0 saturated carbocycles. The summed E-state index contributed by atoms with van der Waals surface area (Å²) < 4.78 is 11.0. The van der Waals surface area contributed by atoms with Crippen molar-refractivity contribution < 1.29 is 9.47 Å². The number of guanidine groups is 1. The van der Waals surface area contributed by atoms with Gasteiger partial charge in [-0.25, -0.2) is 0 Å². The fourth-order valence-electron chi connectivity index (χ4n) is 3.87. The molecule has 154 valence electrons. The normalized spacial score (nSPS) is 20.9. The third kappa shape index (κ3) is 7.86. The van der Waals surface area contributed by atoms with Crippen LogP contribution < -0.4 is 5.32 Å². The van der Waals surface area contributed by atoms with Gasteiger partial charge in [0.05, 0.1) is 6.10 Å². The fourth-order valence-corrected chi connectivity index (χ4v) is 3.87. The van der Waals surface area contributed by atoms with E-state index in [2.05, 4.69) is 27.0 Å². The summed E-state index contributed by atoms with van der Waals surface area (Å²) >= 11 is 0. The Balaban J connectivity index is 0.00000338. The van der Waals surface area contributed by atoms with E-state index in [0.29, 0.717) is 12.1 Å². The van der Waals surface area contributed by atoms with Crippen molar-refractivity contribution in [3.05, 3.63) is 0 Å². The minimum atomic E-state index is 0. The second kappa shape index (κ2) is 14.0. The van der Waals surface area contributed by atoms with Crippen molar-refractivity contribution in [3.8, 4) is 0 Å². The molecular weight excluding hydrogens is 443 g/mol. The number of methoxy groups -OCH3 is 1. The van der Waals surface area contributed by atoms with Crippen LogP contribution in [-0.2, 0) is 9.47 Å². The van der Waals surface area contributed by atoms with Gasteiger partial charge in [-0.1, -0.05) is 6.92 Å². The lowest BCUT2D eigenvalue weighted by Gasteiger charge is -2.35. The number of likely N-dealkylation sites (tertiary alicyclic amines) is 2. The number of piperidine rings is 1. The largest absolute Gasteiger partial charge is 0.385 e. The van der Waals surface area contributed by atoms with Crippen molar-refractivity contribution in [2.75, 3.05) is 60.1 Å². The van der Waals surface area contributed by atoms with Crippen LogP contribution in [0.15, 0.2) is 4.99 Å². The van der Waals surface area contributed by atoms with E-state index in [9.17, 15) is 0 Å². The van der Waals surface area contributed by atoms with Crippen LogP contribution in [0.3, 0.4) is 0 Å². The molecule has 2 fully saturated rings. The van der Waals surface area contributed by atoms with E-state index in [1.807, 2.05) is 7.05 Å². The predicted molar refractivity (Wildman–Crippen MR) is 119 cm³/mol. The predicted octanol–water partition coefficient (Wildman–Crippen LogP) is 2.57. The maximum atomic E-state index is 5.96. The molecule has 1 atom stereocenters. The zero-order valence-electron chi connectivity index (χ0n) is 16.9. The molecule has 1 unspecified atom stereocenters. The summed E-state index contributed by atoms with van der Waals surface area (Å²) in [6.45, 7) is 9.43. The number of nitrogens with zero attached hydrogens (tertiary/aromatic N) is 3. The average molecular weight is 482 g/mol. The Morgan fingerprint density at radius 3 is 2.42 bits per heavy atom. The van der Waals surface area contributed by atoms with Crippen molar-refractivity contribution in [2.24, 2.45) is 4.99 Å². The molecule has 2 rings (SSSR count). The maximum Gasteiger partial charge on any atom is 0.193 e. The first-order chi connectivity index (χ1) is 12.3. The van der Waals surface area contributed by atoms with Crippen molar-refractivity contribution in [2.45, 2.75) is 57.6 Å². The van der Waals surface area contributed by atoms with E-state index in [-0.39, 0.29) is 24.0 Å². The molecule has 0 amide bonds. The van der Waals surface area contributed by atoms with E-state index in [0.717, 1.165) is 58.1 Å². The molecule has 0 aromatic heterocycles. The average Bonchev–Trinajstić information content (AvgIpc) is 3.18.